The highest BCUT2D eigenvalue weighted by molar-refractivity contribution is 6.31. The number of hydrogen-bond donors (Lipinski definition) is 1. The van der Waals surface area contributed by atoms with E-state index in [4.69, 9.17) is 16.3 Å². The van der Waals surface area contributed by atoms with Crippen LogP contribution in [-0.4, -0.2) is 18.0 Å². The lowest BCUT2D eigenvalue weighted by atomic mass is 10.1. The van der Waals surface area contributed by atoms with Gasteiger partial charge in [0, 0.05) is 22.2 Å². The van der Waals surface area contributed by atoms with Gasteiger partial charge in [0.2, 0.25) is 0 Å². The van der Waals surface area contributed by atoms with Gasteiger partial charge < -0.3 is 10.1 Å². The number of pyridine rings is 1. The lowest BCUT2D eigenvalue weighted by Gasteiger charge is -2.09. The van der Waals surface area contributed by atoms with E-state index in [0.29, 0.717) is 22.0 Å². The number of fused-ring (bicyclic) bond motifs is 1. The predicted octanol–water partition coefficient (Wildman–Crippen LogP) is 4.15. The van der Waals surface area contributed by atoms with Crippen LogP contribution in [0.5, 0.6) is 5.75 Å². The zero-order valence-corrected chi connectivity index (χ0v) is 12.6. The van der Waals surface area contributed by atoms with Crippen molar-refractivity contribution in [3.63, 3.8) is 0 Å². The Balaban J connectivity index is 2.00. The fourth-order valence-electron chi connectivity index (χ4n) is 2.17. The van der Waals surface area contributed by atoms with Gasteiger partial charge in [0.05, 0.1) is 12.6 Å². The van der Waals surface area contributed by atoms with Gasteiger partial charge in [-0.2, -0.15) is 0 Å². The van der Waals surface area contributed by atoms with Gasteiger partial charge in [-0.1, -0.05) is 29.8 Å². The first-order valence-corrected chi connectivity index (χ1v) is 7.06. The molecule has 0 unspecified atom stereocenters. The number of benzene rings is 2. The molecule has 4 nitrogen and oxygen atoms in total. The van der Waals surface area contributed by atoms with E-state index in [1.54, 1.807) is 31.4 Å². The van der Waals surface area contributed by atoms with Crippen molar-refractivity contribution in [3.05, 3.63) is 65.3 Å². The summed E-state index contributed by atoms with van der Waals surface area (Å²) in [5.74, 6) is 0.270. The van der Waals surface area contributed by atoms with Gasteiger partial charge in [0.15, 0.2) is 0 Å². The minimum Gasteiger partial charge on any atom is -0.496 e. The topological polar surface area (TPSA) is 51.2 Å². The number of nitrogens with zero attached hydrogens (tertiary/aromatic N) is 1. The number of methoxy groups -OCH3 is 1. The summed E-state index contributed by atoms with van der Waals surface area (Å²) in [4.78, 5) is 16.7. The molecule has 1 amide bonds. The van der Waals surface area contributed by atoms with Crippen molar-refractivity contribution in [3.8, 4) is 5.75 Å². The molecule has 110 valence electrons. The number of hydrogen-bond acceptors (Lipinski definition) is 3. The van der Waals surface area contributed by atoms with E-state index in [2.05, 4.69) is 10.3 Å². The van der Waals surface area contributed by atoms with Crippen molar-refractivity contribution < 1.29 is 9.53 Å². The van der Waals surface area contributed by atoms with Crippen molar-refractivity contribution in [1.82, 2.24) is 4.98 Å². The van der Waals surface area contributed by atoms with Gasteiger partial charge in [-0.25, -0.2) is 4.98 Å². The predicted molar refractivity (Wildman–Crippen MR) is 87.7 cm³/mol. The maximum atomic E-state index is 12.3. The summed E-state index contributed by atoms with van der Waals surface area (Å²) in [6.45, 7) is 0. The molecule has 0 saturated heterocycles. The number of carbonyl (C=O) groups is 1. The first-order valence-electron chi connectivity index (χ1n) is 6.68. The Bertz CT molecular complexity index is 835. The number of nitrogens with one attached hydrogen (secondary N) is 1. The average molecular weight is 313 g/mol. The second kappa shape index (κ2) is 6.03. The Kier molecular flexibility index (Phi) is 3.94. The number of ether oxygens (including phenoxy) is 1. The number of carbonyl (C=O) groups excluding carboxylic acids is 1. The van der Waals surface area contributed by atoms with Crippen molar-refractivity contribution in [2.75, 3.05) is 12.4 Å². The maximum absolute atomic E-state index is 12.3. The van der Waals surface area contributed by atoms with E-state index >= 15 is 0 Å². The number of halogens is 1. The van der Waals surface area contributed by atoms with Gasteiger partial charge in [-0.3, -0.25) is 4.79 Å². The molecule has 2 aromatic carbocycles. The van der Waals surface area contributed by atoms with E-state index in [0.717, 1.165) is 5.39 Å². The Morgan fingerprint density at radius 2 is 1.91 bits per heavy atom. The van der Waals surface area contributed by atoms with Crippen LogP contribution >= 0.6 is 11.6 Å². The zero-order chi connectivity index (χ0) is 15.5. The van der Waals surface area contributed by atoms with E-state index in [-0.39, 0.29) is 11.6 Å². The Morgan fingerprint density at radius 3 is 2.64 bits per heavy atom. The summed E-state index contributed by atoms with van der Waals surface area (Å²) in [6.07, 6.45) is 0. The van der Waals surface area contributed by atoms with Gasteiger partial charge in [0.25, 0.3) is 5.91 Å². The fraction of sp³-hybridized carbons (Fsp3) is 0.0588. The Morgan fingerprint density at radius 1 is 1.14 bits per heavy atom. The second-order valence-electron chi connectivity index (χ2n) is 4.69. The van der Waals surface area contributed by atoms with Crippen molar-refractivity contribution >= 4 is 34.1 Å². The molecule has 3 aromatic rings. The average Bonchev–Trinajstić information content (AvgIpc) is 2.54. The third-order valence-corrected chi connectivity index (χ3v) is 3.45. The summed E-state index contributed by atoms with van der Waals surface area (Å²) in [5, 5.41) is 4.16. The van der Waals surface area contributed by atoms with Crippen LogP contribution < -0.4 is 10.1 Å². The van der Waals surface area contributed by atoms with E-state index < -0.39 is 0 Å². The molecule has 5 heteroatoms. The van der Waals surface area contributed by atoms with Crippen LogP contribution in [0.25, 0.3) is 10.9 Å². The maximum Gasteiger partial charge on any atom is 0.274 e. The third kappa shape index (κ3) is 2.87. The monoisotopic (exact) mass is 312 g/mol. The summed E-state index contributed by atoms with van der Waals surface area (Å²) >= 11 is 5.99. The van der Waals surface area contributed by atoms with Crippen LogP contribution in [0, 0.1) is 0 Å². The minimum absolute atomic E-state index is 0.288. The molecule has 0 fully saturated rings. The number of amides is 1. The fourth-order valence-corrected chi connectivity index (χ4v) is 2.34. The zero-order valence-electron chi connectivity index (χ0n) is 11.8. The first-order chi connectivity index (χ1) is 10.7. The van der Waals surface area contributed by atoms with Crippen LogP contribution in [-0.2, 0) is 0 Å². The van der Waals surface area contributed by atoms with Crippen LogP contribution in [0.2, 0.25) is 5.02 Å². The molecule has 1 N–H and O–H groups in total. The van der Waals surface area contributed by atoms with E-state index in [1.807, 2.05) is 30.3 Å². The molecule has 22 heavy (non-hydrogen) atoms. The van der Waals surface area contributed by atoms with Gasteiger partial charge >= 0.3 is 0 Å². The lowest BCUT2D eigenvalue weighted by molar-refractivity contribution is 0.102. The molecule has 0 saturated carbocycles. The second-order valence-corrected chi connectivity index (χ2v) is 5.13. The largest absolute Gasteiger partial charge is 0.496 e. The molecule has 0 atom stereocenters. The van der Waals surface area contributed by atoms with Gasteiger partial charge in [-0.05, 0) is 30.3 Å². The Labute approximate surface area is 132 Å². The molecule has 1 heterocycles. The highest BCUT2D eigenvalue weighted by Gasteiger charge is 2.13. The molecule has 0 aliphatic heterocycles. The van der Waals surface area contributed by atoms with Crippen LogP contribution in [0.4, 0.5) is 5.69 Å². The SMILES string of the molecule is COc1cc(C(=O)Nc2ccccc2)nc2ccc(Cl)cc12. The quantitative estimate of drug-likeness (QED) is 0.790. The highest BCUT2D eigenvalue weighted by atomic mass is 35.5. The molecule has 0 aliphatic rings. The lowest BCUT2D eigenvalue weighted by Crippen LogP contribution is -2.13. The molecule has 3 rings (SSSR count). The number of anilines is 1. The summed E-state index contributed by atoms with van der Waals surface area (Å²) in [7, 11) is 1.55. The van der Waals surface area contributed by atoms with E-state index in [9.17, 15) is 4.79 Å². The highest BCUT2D eigenvalue weighted by Crippen LogP contribution is 2.28. The van der Waals surface area contributed by atoms with Crippen LogP contribution in [0.15, 0.2) is 54.6 Å². The third-order valence-electron chi connectivity index (χ3n) is 3.22. The summed E-state index contributed by atoms with van der Waals surface area (Å²) < 4.78 is 5.34. The van der Waals surface area contributed by atoms with Crippen LogP contribution in [0.1, 0.15) is 10.5 Å². The van der Waals surface area contributed by atoms with Crippen LogP contribution in [0.3, 0.4) is 0 Å². The molecular formula is C17H13ClN2O2. The molecule has 0 radical (unpaired) electrons. The molecule has 1 aromatic heterocycles. The number of rotatable bonds is 3. The summed E-state index contributed by atoms with van der Waals surface area (Å²) in [6, 6.07) is 16.1. The van der Waals surface area contributed by atoms with Gasteiger partial charge in [0.1, 0.15) is 11.4 Å². The first kappa shape index (κ1) is 14.4. The number of aromatic nitrogens is 1. The minimum atomic E-state index is -0.290. The van der Waals surface area contributed by atoms with Crippen molar-refractivity contribution in [2.24, 2.45) is 0 Å². The molecule has 0 spiro atoms. The normalized spacial score (nSPS) is 10.5. The van der Waals surface area contributed by atoms with Gasteiger partial charge in [-0.15, -0.1) is 0 Å². The molecule has 0 bridgehead atoms. The standard InChI is InChI=1S/C17H13ClN2O2/c1-22-16-10-15(17(21)19-12-5-3-2-4-6-12)20-14-8-7-11(18)9-13(14)16/h2-10H,1H3,(H,19,21). The molecular weight excluding hydrogens is 300 g/mol. The van der Waals surface area contributed by atoms with Crippen molar-refractivity contribution in [2.45, 2.75) is 0 Å². The summed E-state index contributed by atoms with van der Waals surface area (Å²) in [5.41, 5.74) is 1.65. The molecule has 0 aliphatic carbocycles. The van der Waals surface area contributed by atoms with E-state index in [1.165, 1.54) is 0 Å². The Hall–Kier alpha value is -2.59. The smallest absolute Gasteiger partial charge is 0.274 e. The van der Waals surface area contributed by atoms with Crippen molar-refractivity contribution in [1.29, 1.82) is 0 Å². The number of para-hydroxylation sites is 1.